The summed E-state index contributed by atoms with van der Waals surface area (Å²) in [5.41, 5.74) is 3.93. The van der Waals surface area contributed by atoms with Gasteiger partial charge in [0, 0.05) is 24.3 Å². The third-order valence-electron chi connectivity index (χ3n) is 5.44. The summed E-state index contributed by atoms with van der Waals surface area (Å²) in [6.07, 6.45) is 1.12. The summed E-state index contributed by atoms with van der Waals surface area (Å²) < 4.78 is 0. The SMILES string of the molecule is CC[C@@H](C)c1ccc([C@H](N[C@@H](C)C(=O)Nc2ccc(NC(C)=O)cc2)C(C)C)cc1. The molecule has 0 aliphatic heterocycles. The van der Waals surface area contributed by atoms with Crippen molar-refractivity contribution in [2.24, 2.45) is 5.92 Å². The van der Waals surface area contributed by atoms with Crippen LogP contribution < -0.4 is 16.0 Å². The van der Waals surface area contributed by atoms with Crippen molar-refractivity contribution in [3.8, 4) is 0 Å². The molecule has 162 valence electrons. The molecule has 0 heterocycles. The van der Waals surface area contributed by atoms with Gasteiger partial charge in [-0.2, -0.15) is 0 Å². The number of carbonyl (C=O) groups is 2. The summed E-state index contributed by atoms with van der Waals surface area (Å²) in [7, 11) is 0. The number of hydrogen-bond acceptors (Lipinski definition) is 3. The number of benzene rings is 2. The van der Waals surface area contributed by atoms with Crippen LogP contribution in [0.4, 0.5) is 11.4 Å². The van der Waals surface area contributed by atoms with Crippen LogP contribution >= 0.6 is 0 Å². The molecular weight excluding hydrogens is 374 g/mol. The summed E-state index contributed by atoms with van der Waals surface area (Å²) >= 11 is 0. The fourth-order valence-corrected chi connectivity index (χ4v) is 3.38. The highest BCUT2D eigenvalue weighted by atomic mass is 16.2. The smallest absolute Gasteiger partial charge is 0.241 e. The van der Waals surface area contributed by atoms with E-state index in [-0.39, 0.29) is 23.9 Å². The van der Waals surface area contributed by atoms with Gasteiger partial charge in [0.15, 0.2) is 0 Å². The minimum absolute atomic E-state index is 0.0823. The molecule has 3 N–H and O–H groups in total. The summed E-state index contributed by atoms with van der Waals surface area (Å²) in [5, 5.41) is 9.13. The van der Waals surface area contributed by atoms with Crippen molar-refractivity contribution in [1.82, 2.24) is 5.32 Å². The van der Waals surface area contributed by atoms with Crippen LogP contribution in [-0.2, 0) is 9.59 Å². The average molecular weight is 410 g/mol. The van der Waals surface area contributed by atoms with E-state index in [1.807, 2.05) is 6.92 Å². The number of anilines is 2. The Balaban J connectivity index is 2.02. The van der Waals surface area contributed by atoms with E-state index in [4.69, 9.17) is 0 Å². The molecule has 5 nitrogen and oxygen atoms in total. The second-order valence-electron chi connectivity index (χ2n) is 8.33. The minimum atomic E-state index is -0.360. The van der Waals surface area contributed by atoms with Crippen LogP contribution in [0.15, 0.2) is 48.5 Å². The number of amides is 2. The standard InChI is InChI=1S/C25H35N3O2/c1-7-17(4)20-8-10-21(11-9-20)24(16(2)3)26-18(5)25(30)28-23-14-12-22(13-15-23)27-19(6)29/h8-18,24,26H,7H2,1-6H3,(H,27,29)(H,28,30)/t17-,18+,24-/m1/s1. The Bertz CT molecular complexity index is 828. The molecule has 0 fully saturated rings. The van der Waals surface area contributed by atoms with E-state index < -0.39 is 0 Å². The number of nitrogens with one attached hydrogen (secondary N) is 3. The van der Waals surface area contributed by atoms with E-state index in [1.54, 1.807) is 24.3 Å². The summed E-state index contributed by atoms with van der Waals surface area (Å²) in [6.45, 7) is 12.1. The maximum absolute atomic E-state index is 12.7. The van der Waals surface area contributed by atoms with Gasteiger partial charge < -0.3 is 10.6 Å². The molecule has 2 aromatic carbocycles. The van der Waals surface area contributed by atoms with Crippen molar-refractivity contribution < 1.29 is 9.59 Å². The van der Waals surface area contributed by atoms with E-state index in [0.717, 1.165) is 6.42 Å². The predicted molar refractivity (Wildman–Crippen MR) is 125 cm³/mol. The van der Waals surface area contributed by atoms with Gasteiger partial charge in [0.25, 0.3) is 0 Å². The van der Waals surface area contributed by atoms with Crippen LogP contribution in [0.1, 0.15) is 71.0 Å². The molecule has 0 aromatic heterocycles. The van der Waals surface area contributed by atoms with Crippen molar-refractivity contribution in [2.45, 2.75) is 66.0 Å². The Morgan fingerprint density at radius 3 is 1.77 bits per heavy atom. The molecule has 0 aliphatic rings. The maximum atomic E-state index is 12.7. The molecule has 2 rings (SSSR count). The molecule has 2 aromatic rings. The Kier molecular flexibility index (Phi) is 8.60. The van der Waals surface area contributed by atoms with E-state index >= 15 is 0 Å². The first-order valence-electron chi connectivity index (χ1n) is 10.8. The Hall–Kier alpha value is -2.66. The monoisotopic (exact) mass is 409 g/mol. The first kappa shape index (κ1) is 23.6. The van der Waals surface area contributed by atoms with Gasteiger partial charge in [0.05, 0.1) is 6.04 Å². The van der Waals surface area contributed by atoms with Gasteiger partial charge in [0.2, 0.25) is 11.8 Å². The summed E-state index contributed by atoms with van der Waals surface area (Å²) in [6, 6.07) is 15.6. The Morgan fingerprint density at radius 2 is 1.30 bits per heavy atom. The zero-order valence-electron chi connectivity index (χ0n) is 19.0. The van der Waals surface area contributed by atoms with Crippen LogP contribution in [0.2, 0.25) is 0 Å². The molecule has 0 radical (unpaired) electrons. The molecule has 0 aliphatic carbocycles. The van der Waals surface area contributed by atoms with E-state index in [1.165, 1.54) is 18.1 Å². The van der Waals surface area contributed by atoms with Crippen LogP contribution in [-0.4, -0.2) is 17.9 Å². The zero-order chi connectivity index (χ0) is 22.3. The highest BCUT2D eigenvalue weighted by Crippen LogP contribution is 2.26. The summed E-state index contributed by atoms with van der Waals surface area (Å²) in [5.74, 6) is 0.670. The lowest BCUT2D eigenvalue weighted by Crippen LogP contribution is -2.41. The van der Waals surface area contributed by atoms with Crippen molar-refractivity contribution in [1.29, 1.82) is 0 Å². The quantitative estimate of drug-likeness (QED) is 0.514. The van der Waals surface area contributed by atoms with Crippen LogP contribution in [0.5, 0.6) is 0 Å². The van der Waals surface area contributed by atoms with Gasteiger partial charge in [-0.3, -0.25) is 14.9 Å². The number of hydrogen-bond donors (Lipinski definition) is 3. The highest BCUT2D eigenvalue weighted by molar-refractivity contribution is 5.95. The fourth-order valence-electron chi connectivity index (χ4n) is 3.38. The van der Waals surface area contributed by atoms with Crippen LogP contribution in [0.25, 0.3) is 0 Å². The third kappa shape index (κ3) is 6.70. The van der Waals surface area contributed by atoms with Crippen molar-refractivity contribution in [3.63, 3.8) is 0 Å². The minimum Gasteiger partial charge on any atom is -0.326 e. The zero-order valence-corrected chi connectivity index (χ0v) is 19.0. The van der Waals surface area contributed by atoms with Gasteiger partial charge in [-0.1, -0.05) is 52.0 Å². The van der Waals surface area contributed by atoms with E-state index in [0.29, 0.717) is 23.2 Å². The van der Waals surface area contributed by atoms with Gasteiger partial charge in [0.1, 0.15) is 0 Å². The lowest BCUT2D eigenvalue weighted by Gasteiger charge is -2.27. The molecule has 2 amide bonds. The number of rotatable bonds is 9. The molecule has 30 heavy (non-hydrogen) atoms. The Labute approximate surface area is 180 Å². The molecular formula is C25H35N3O2. The largest absolute Gasteiger partial charge is 0.326 e. The average Bonchev–Trinajstić information content (AvgIpc) is 2.72. The van der Waals surface area contributed by atoms with Crippen LogP contribution in [0.3, 0.4) is 0 Å². The molecule has 0 spiro atoms. The van der Waals surface area contributed by atoms with Crippen molar-refractivity contribution >= 4 is 23.2 Å². The van der Waals surface area contributed by atoms with Gasteiger partial charge in [-0.25, -0.2) is 0 Å². The van der Waals surface area contributed by atoms with E-state index in [9.17, 15) is 9.59 Å². The molecule has 5 heteroatoms. The lowest BCUT2D eigenvalue weighted by molar-refractivity contribution is -0.118. The van der Waals surface area contributed by atoms with E-state index in [2.05, 4.69) is 67.9 Å². The molecule has 0 bridgehead atoms. The summed E-state index contributed by atoms with van der Waals surface area (Å²) in [4.78, 5) is 23.8. The van der Waals surface area contributed by atoms with Gasteiger partial charge >= 0.3 is 0 Å². The first-order valence-corrected chi connectivity index (χ1v) is 10.8. The third-order valence-corrected chi connectivity index (χ3v) is 5.44. The molecule has 0 saturated carbocycles. The van der Waals surface area contributed by atoms with Gasteiger partial charge in [-0.15, -0.1) is 0 Å². The highest BCUT2D eigenvalue weighted by Gasteiger charge is 2.22. The normalized spacial score (nSPS) is 14.1. The molecule has 3 atom stereocenters. The fraction of sp³-hybridized carbons (Fsp3) is 0.440. The van der Waals surface area contributed by atoms with Gasteiger partial charge in [-0.05, 0) is 60.6 Å². The lowest BCUT2D eigenvalue weighted by atomic mass is 9.91. The topological polar surface area (TPSA) is 70.2 Å². The van der Waals surface area contributed by atoms with Crippen LogP contribution in [0, 0.1) is 5.92 Å². The van der Waals surface area contributed by atoms with Crippen molar-refractivity contribution in [3.05, 3.63) is 59.7 Å². The first-order chi connectivity index (χ1) is 14.2. The second-order valence-corrected chi connectivity index (χ2v) is 8.33. The maximum Gasteiger partial charge on any atom is 0.241 e. The Morgan fingerprint density at radius 1 is 0.800 bits per heavy atom. The molecule has 0 saturated heterocycles. The molecule has 0 unspecified atom stereocenters. The van der Waals surface area contributed by atoms with Crippen molar-refractivity contribution in [2.75, 3.05) is 10.6 Å². The number of carbonyl (C=O) groups excluding carboxylic acids is 2. The second kappa shape index (κ2) is 10.9. The predicted octanol–water partition coefficient (Wildman–Crippen LogP) is 5.47.